The standard InChI is InChI=1S/C26H24ClN3O4/c1-17-4-5-18(2)30(17)21-7-9-22(10-8-21)33-16-23-11-13-25(34-23)26(31)29-28-15-19-14-20(27)6-12-24(19)32-3/h4-15H,16H2,1-3H3,(H,29,31). The highest BCUT2D eigenvalue weighted by Crippen LogP contribution is 2.22. The summed E-state index contributed by atoms with van der Waals surface area (Å²) in [4.78, 5) is 12.3. The molecule has 0 radical (unpaired) electrons. The number of carbonyl (C=O) groups is 1. The highest BCUT2D eigenvalue weighted by Gasteiger charge is 2.11. The summed E-state index contributed by atoms with van der Waals surface area (Å²) in [6.45, 7) is 4.33. The van der Waals surface area contributed by atoms with Crippen molar-refractivity contribution in [2.45, 2.75) is 20.5 Å². The van der Waals surface area contributed by atoms with Crippen LogP contribution in [0.1, 0.15) is 33.3 Å². The lowest BCUT2D eigenvalue weighted by Crippen LogP contribution is -2.16. The highest BCUT2D eigenvalue weighted by molar-refractivity contribution is 6.30. The number of nitrogens with one attached hydrogen (secondary N) is 1. The van der Waals surface area contributed by atoms with Crippen molar-refractivity contribution in [3.05, 3.63) is 100 Å². The lowest BCUT2D eigenvalue weighted by atomic mass is 10.2. The van der Waals surface area contributed by atoms with E-state index in [1.807, 2.05) is 24.3 Å². The summed E-state index contributed by atoms with van der Waals surface area (Å²) in [7, 11) is 1.55. The van der Waals surface area contributed by atoms with Gasteiger partial charge in [0, 0.05) is 27.7 Å². The van der Waals surface area contributed by atoms with Gasteiger partial charge in [-0.2, -0.15) is 5.10 Å². The monoisotopic (exact) mass is 477 g/mol. The molecular formula is C26H24ClN3O4. The maximum absolute atomic E-state index is 12.3. The topological polar surface area (TPSA) is 78.0 Å². The number of ether oxygens (including phenoxy) is 2. The maximum atomic E-state index is 12.3. The minimum Gasteiger partial charge on any atom is -0.496 e. The Morgan fingerprint density at radius 1 is 1.06 bits per heavy atom. The summed E-state index contributed by atoms with van der Waals surface area (Å²) in [6, 6.07) is 20.4. The summed E-state index contributed by atoms with van der Waals surface area (Å²) in [5.74, 6) is 1.46. The van der Waals surface area contributed by atoms with Crippen molar-refractivity contribution in [1.82, 2.24) is 9.99 Å². The van der Waals surface area contributed by atoms with Crippen molar-refractivity contribution in [2.75, 3.05) is 7.11 Å². The SMILES string of the molecule is COc1ccc(Cl)cc1C=NNC(=O)c1ccc(COc2ccc(-n3c(C)ccc3C)cc2)o1. The van der Waals surface area contributed by atoms with Gasteiger partial charge >= 0.3 is 5.91 Å². The fourth-order valence-corrected chi connectivity index (χ4v) is 3.70. The largest absolute Gasteiger partial charge is 0.496 e. The maximum Gasteiger partial charge on any atom is 0.307 e. The van der Waals surface area contributed by atoms with Gasteiger partial charge in [-0.25, -0.2) is 5.43 Å². The highest BCUT2D eigenvalue weighted by atomic mass is 35.5. The molecule has 2 aromatic carbocycles. The Morgan fingerprint density at radius 3 is 2.50 bits per heavy atom. The van der Waals surface area contributed by atoms with Gasteiger partial charge in [0.1, 0.15) is 23.9 Å². The third-order valence-corrected chi connectivity index (χ3v) is 5.43. The number of furan rings is 1. The summed E-state index contributed by atoms with van der Waals surface area (Å²) in [6.07, 6.45) is 1.45. The molecule has 34 heavy (non-hydrogen) atoms. The Bertz CT molecular complexity index is 1300. The molecule has 0 fully saturated rings. The van der Waals surface area contributed by atoms with Gasteiger partial charge in [-0.1, -0.05) is 11.6 Å². The molecule has 0 spiro atoms. The quantitative estimate of drug-likeness (QED) is 0.261. The Kier molecular flexibility index (Phi) is 7.04. The summed E-state index contributed by atoms with van der Waals surface area (Å²) in [5.41, 5.74) is 6.47. The number of methoxy groups -OCH3 is 1. The van der Waals surface area contributed by atoms with Crippen molar-refractivity contribution in [3.63, 3.8) is 0 Å². The molecule has 0 saturated carbocycles. The average Bonchev–Trinajstić information content (AvgIpc) is 3.44. The molecule has 7 nitrogen and oxygen atoms in total. The van der Waals surface area contributed by atoms with E-state index < -0.39 is 5.91 Å². The summed E-state index contributed by atoms with van der Waals surface area (Å²) >= 11 is 6.00. The molecule has 2 aromatic heterocycles. The molecule has 1 N–H and O–H groups in total. The number of hydrazone groups is 1. The zero-order chi connectivity index (χ0) is 24.1. The molecule has 0 atom stereocenters. The zero-order valence-electron chi connectivity index (χ0n) is 19.0. The lowest BCUT2D eigenvalue weighted by Gasteiger charge is -2.10. The molecule has 4 aromatic rings. The molecule has 2 heterocycles. The van der Waals surface area contributed by atoms with Crippen LogP contribution in [0.4, 0.5) is 0 Å². The number of hydrogen-bond donors (Lipinski definition) is 1. The van der Waals surface area contributed by atoms with E-state index in [0.717, 1.165) is 5.69 Å². The van der Waals surface area contributed by atoms with Gasteiger partial charge in [0.25, 0.3) is 0 Å². The molecule has 0 unspecified atom stereocenters. The van der Waals surface area contributed by atoms with Crippen molar-refractivity contribution < 1.29 is 18.7 Å². The van der Waals surface area contributed by atoms with Crippen LogP contribution in [-0.2, 0) is 6.61 Å². The Morgan fingerprint density at radius 2 is 1.79 bits per heavy atom. The number of aromatic nitrogens is 1. The molecule has 174 valence electrons. The van der Waals surface area contributed by atoms with Crippen LogP contribution in [0.25, 0.3) is 5.69 Å². The van der Waals surface area contributed by atoms with Gasteiger partial charge < -0.3 is 18.5 Å². The molecule has 0 aliphatic rings. The van der Waals surface area contributed by atoms with Crippen LogP contribution in [0.2, 0.25) is 5.02 Å². The van der Waals surface area contributed by atoms with E-state index in [1.165, 1.54) is 17.6 Å². The normalized spacial score (nSPS) is 11.1. The van der Waals surface area contributed by atoms with Crippen LogP contribution in [0, 0.1) is 13.8 Å². The Hall–Kier alpha value is -3.97. The smallest absolute Gasteiger partial charge is 0.307 e. The number of hydrogen-bond acceptors (Lipinski definition) is 5. The van der Waals surface area contributed by atoms with E-state index in [-0.39, 0.29) is 12.4 Å². The van der Waals surface area contributed by atoms with Crippen LogP contribution in [0.3, 0.4) is 0 Å². The Labute approximate surface area is 202 Å². The third-order valence-electron chi connectivity index (χ3n) is 5.19. The number of rotatable bonds is 8. The first-order valence-electron chi connectivity index (χ1n) is 10.6. The van der Waals surface area contributed by atoms with Crippen LogP contribution in [-0.4, -0.2) is 23.8 Å². The van der Waals surface area contributed by atoms with Crippen molar-refractivity contribution in [1.29, 1.82) is 0 Å². The van der Waals surface area contributed by atoms with E-state index in [1.54, 1.807) is 37.4 Å². The minimum atomic E-state index is -0.481. The van der Waals surface area contributed by atoms with Crippen LogP contribution < -0.4 is 14.9 Å². The Balaban J connectivity index is 1.33. The van der Waals surface area contributed by atoms with E-state index in [2.05, 4.69) is 41.1 Å². The number of benzene rings is 2. The molecule has 1 amide bonds. The average molecular weight is 478 g/mol. The third kappa shape index (κ3) is 5.32. The fraction of sp³-hybridized carbons (Fsp3) is 0.154. The van der Waals surface area contributed by atoms with Gasteiger partial charge in [0.05, 0.1) is 13.3 Å². The van der Waals surface area contributed by atoms with Gasteiger partial charge in [-0.3, -0.25) is 4.79 Å². The predicted octanol–water partition coefficient (Wildman–Crippen LogP) is 5.69. The zero-order valence-corrected chi connectivity index (χ0v) is 19.8. The van der Waals surface area contributed by atoms with Crippen molar-refractivity contribution >= 4 is 23.7 Å². The molecule has 0 saturated heterocycles. The number of carbonyl (C=O) groups excluding carboxylic acids is 1. The summed E-state index contributed by atoms with van der Waals surface area (Å²) in [5, 5.41) is 4.49. The van der Waals surface area contributed by atoms with Crippen LogP contribution >= 0.6 is 11.6 Å². The minimum absolute atomic E-state index is 0.128. The first-order chi connectivity index (χ1) is 16.4. The van der Waals surface area contributed by atoms with Crippen molar-refractivity contribution in [2.24, 2.45) is 5.10 Å². The van der Waals surface area contributed by atoms with Crippen molar-refractivity contribution in [3.8, 4) is 17.2 Å². The van der Waals surface area contributed by atoms with Gasteiger partial charge in [-0.15, -0.1) is 0 Å². The van der Waals surface area contributed by atoms with Gasteiger partial charge in [0.2, 0.25) is 0 Å². The first-order valence-corrected chi connectivity index (χ1v) is 11.0. The number of aryl methyl sites for hydroxylation is 2. The van der Waals surface area contributed by atoms with E-state index in [9.17, 15) is 4.79 Å². The number of nitrogens with zero attached hydrogens (tertiary/aromatic N) is 2. The van der Waals surface area contributed by atoms with E-state index in [0.29, 0.717) is 27.8 Å². The van der Waals surface area contributed by atoms with E-state index >= 15 is 0 Å². The van der Waals surface area contributed by atoms with Crippen LogP contribution in [0.5, 0.6) is 11.5 Å². The van der Waals surface area contributed by atoms with Gasteiger partial charge in [-0.05, 0) is 80.6 Å². The lowest BCUT2D eigenvalue weighted by molar-refractivity contribution is 0.0923. The predicted molar refractivity (Wildman–Crippen MR) is 131 cm³/mol. The van der Waals surface area contributed by atoms with Crippen LogP contribution in [0.15, 0.2) is 76.2 Å². The fourth-order valence-electron chi connectivity index (χ4n) is 3.52. The molecule has 0 bridgehead atoms. The number of amides is 1. The molecule has 4 rings (SSSR count). The van der Waals surface area contributed by atoms with Gasteiger partial charge in [0.15, 0.2) is 5.76 Å². The molecule has 0 aliphatic carbocycles. The summed E-state index contributed by atoms with van der Waals surface area (Å²) < 4.78 is 18.8. The number of halogens is 1. The van der Waals surface area contributed by atoms with E-state index in [4.69, 9.17) is 25.5 Å². The second kappa shape index (κ2) is 10.3. The molecule has 0 aliphatic heterocycles. The first kappa shape index (κ1) is 23.2. The second-order valence-electron chi connectivity index (χ2n) is 7.59. The second-order valence-corrected chi connectivity index (χ2v) is 8.02. The molecule has 8 heteroatoms. The molecular weight excluding hydrogens is 454 g/mol.